The Balaban J connectivity index is 0.000000455. The Bertz CT molecular complexity index is 2600. The van der Waals surface area contributed by atoms with E-state index < -0.39 is 195 Å². The minimum atomic E-state index is -6.13. The number of benzene rings is 5. The fourth-order valence-corrected chi connectivity index (χ4v) is 8.19. The van der Waals surface area contributed by atoms with Crippen LogP contribution in [0, 0.1) is 0 Å². The highest BCUT2D eigenvalue weighted by molar-refractivity contribution is 7.80. The summed E-state index contributed by atoms with van der Waals surface area (Å²) >= 11 is 4.38. The number of thiol groups is 1. The summed E-state index contributed by atoms with van der Waals surface area (Å²) in [5, 5.41) is 0.450. The van der Waals surface area contributed by atoms with Crippen LogP contribution >= 0.6 is 12.6 Å². The summed E-state index contributed by atoms with van der Waals surface area (Å²) in [5.41, 5.74) is -27.9. The molecule has 0 aliphatic rings. The number of alkyl halides is 24. The summed E-state index contributed by atoms with van der Waals surface area (Å²) in [6.45, 7) is 2.99. The monoisotopic (exact) mass is 1150 g/mol. The molecular formula is C49H33BF24N2S. The van der Waals surface area contributed by atoms with E-state index in [0.717, 1.165) is 25.1 Å². The minimum Gasteiger partial charge on any atom is -0.244 e. The Morgan fingerprint density at radius 3 is 1.00 bits per heavy atom. The molecule has 0 spiro atoms. The van der Waals surface area contributed by atoms with Crippen LogP contribution in [0.5, 0.6) is 0 Å². The molecule has 0 N–H and O–H groups in total. The molecule has 1 heterocycles. The molecule has 0 saturated heterocycles. The van der Waals surface area contributed by atoms with Crippen molar-refractivity contribution in [2.24, 2.45) is 0 Å². The van der Waals surface area contributed by atoms with Crippen LogP contribution in [0.4, 0.5) is 105 Å². The smallest absolute Gasteiger partial charge is 0.244 e. The molecule has 0 aliphatic heterocycles. The van der Waals surface area contributed by atoms with Gasteiger partial charge in [-0.25, -0.2) is 4.98 Å². The second-order valence-electron chi connectivity index (χ2n) is 17.2. The number of rotatable bonds is 10. The molecule has 0 bridgehead atoms. The maximum atomic E-state index is 14.2. The molecule has 0 aliphatic carbocycles. The Hall–Kier alpha value is -6.35. The average molecular weight is 1150 g/mol. The van der Waals surface area contributed by atoms with Crippen molar-refractivity contribution in [1.82, 2.24) is 4.98 Å². The van der Waals surface area contributed by atoms with Crippen molar-refractivity contribution in [2.75, 3.05) is 0 Å². The van der Waals surface area contributed by atoms with Crippen molar-refractivity contribution in [1.29, 1.82) is 0 Å². The number of hydrogen-bond acceptors (Lipinski definition) is 2. The van der Waals surface area contributed by atoms with E-state index in [1.165, 1.54) is 5.56 Å². The molecule has 0 radical (unpaired) electrons. The van der Waals surface area contributed by atoms with E-state index in [0.29, 0.717) is 5.25 Å². The van der Waals surface area contributed by atoms with Gasteiger partial charge in [0.25, 0.3) is 0 Å². The molecule has 416 valence electrons. The molecule has 5 aromatic carbocycles. The Kier molecular flexibility index (Phi) is 17.7. The normalized spacial score (nSPS) is 13.9. The van der Waals surface area contributed by atoms with E-state index >= 15 is 0 Å². The minimum absolute atomic E-state index is 0.450. The number of halogens is 24. The summed E-state index contributed by atoms with van der Waals surface area (Å²) in [7, 11) is 0. The fourth-order valence-electron chi connectivity index (χ4n) is 8.04. The lowest BCUT2D eigenvalue weighted by Crippen LogP contribution is -2.75. The third kappa shape index (κ3) is 15.7. The third-order valence-corrected chi connectivity index (χ3v) is 11.7. The zero-order chi connectivity index (χ0) is 58.1. The van der Waals surface area contributed by atoms with Gasteiger partial charge in [0.05, 0.1) is 50.7 Å². The van der Waals surface area contributed by atoms with Gasteiger partial charge in [-0.05, 0) is 48.4 Å². The molecule has 6 rings (SSSR count). The molecule has 1 atom stereocenters. The highest BCUT2D eigenvalue weighted by Gasteiger charge is 2.47. The number of nitrogens with zero attached hydrogens (tertiary/aromatic N) is 2. The largest absolute Gasteiger partial charge is 0.416 e. The van der Waals surface area contributed by atoms with Crippen molar-refractivity contribution in [3.05, 3.63) is 184 Å². The van der Waals surface area contributed by atoms with Crippen LogP contribution in [0.1, 0.15) is 75.5 Å². The van der Waals surface area contributed by atoms with E-state index in [2.05, 4.69) is 71.7 Å². The van der Waals surface area contributed by atoms with Gasteiger partial charge in [-0.3, -0.25) is 0 Å². The maximum Gasteiger partial charge on any atom is 0.416 e. The van der Waals surface area contributed by atoms with Gasteiger partial charge < -0.3 is 0 Å². The first-order chi connectivity index (χ1) is 35.0. The van der Waals surface area contributed by atoms with E-state index in [-0.39, 0.29) is 0 Å². The number of allylic oxidation sites excluding steroid dienone is 1. The lowest BCUT2D eigenvalue weighted by atomic mass is 9.12. The van der Waals surface area contributed by atoms with E-state index in [1.807, 2.05) is 18.5 Å². The summed E-state index contributed by atoms with van der Waals surface area (Å²) in [4.78, 5) is 4.37. The summed E-state index contributed by atoms with van der Waals surface area (Å²) < 4.78 is 343. The second-order valence-corrected chi connectivity index (χ2v) is 18.1. The van der Waals surface area contributed by atoms with Gasteiger partial charge in [-0.15, -0.1) is 0 Å². The zero-order valence-corrected chi connectivity index (χ0v) is 39.3. The third-order valence-electron chi connectivity index (χ3n) is 11.5. The topological polar surface area (TPSA) is 16.8 Å². The molecule has 1 aromatic heterocycles. The molecule has 0 saturated carbocycles. The SMILES string of the molecule is CC(S)CCC=Cc1c[n+](Cc2ccccc2)ccn1.FC(F)(F)c1cc([B-](c2cc(C(F)(F)F)cc(C(F)(F)F)c2)(c2cc(C(F)(F)F)cc(C(F)(F)F)c2)c2cc(C(F)(F)F)cc(C(F)(F)F)c2)cc(C(F)(F)F)c1. The van der Waals surface area contributed by atoms with E-state index in [9.17, 15) is 105 Å². The second kappa shape index (κ2) is 22.2. The Morgan fingerprint density at radius 2 is 0.740 bits per heavy atom. The lowest BCUT2D eigenvalue weighted by Gasteiger charge is -2.46. The molecule has 0 fully saturated rings. The van der Waals surface area contributed by atoms with Crippen LogP contribution in [0.3, 0.4) is 0 Å². The van der Waals surface area contributed by atoms with Gasteiger partial charge in [0.1, 0.15) is 11.8 Å². The van der Waals surface area contributed by atoms with Crippen molar-refractivity contribution >= 4 is 46.7 Å². The summed E-state index contributed by atoms with van der Waals surface area (Å²) in [6.07, 6.45) is -42.5. The van der Waals surface area contributed by atoms with Crippen molar-refractivity contribution in [3.63, 3.8) is 0 Å². The maximum absolute atomic E-state index is 14.2. The van der Waals surface area contributed by atoms with Gasteiger partial charge in [-0.2, -0.15) is 144 Å². The predicted octanol–water partition coefficient (Wildman–Crippen LogP) is 14.7. The lowest BCUT2D eigenvalue weighted by molar-refractivity contribution is -0.689. The van der Waals surface area contributed by atoms with Crippen LogP contribution in [0.2, 0.25) is 0 Å². The van der Waals surface area contributed by atoms with Gasteiger partial charge in [0, 0.05) is 5.56 Å². The Labute approximate surface area is 425 Å². The summed E-state index contributed by atoms with van der Waals surface area (Å²) in [5.74, 6) is 0. The van der Waals surface area contributed by atoms with Crippen LogP contribution < -0.4 is 26.4 Å². The first-order valence-corrected chi connectivity index (χ1v) is 22.1. The van der Waals surface area contributed by atoms with Crippen molar-refractivity contribution in [2.45, 2.75) is 81.0 Å². The van der Waals surface area contributed by atoms with Gasteiger partial charge >= 0.3 is 49.4 Å². The van der Waals surface area contributed by atoms with Crippen LogP contribution in [0.25, 0.3) is 6.08 Å². The molecular weight excluding hydrogens is 1120 g/mol. The number of hydrogen-bond donors (Lipinski definition) is 1. The van der Waals surface area contributed by atoms with Crippen molar-refractivity contribution < 1.29 is 110 Å². The highest BCUT2D eigenvalue weighted by Crippen LogP contribution is 2.41. The molecule has 77 heavy (non-hydrogen) atoms. The molecule has 2 nitrogen and oxygen atoms in total. The van der Waals surface area contributed by atoms with Crippen LogP contribution in [-0.2, 0) is 56.0 Å². The summed E-state index contributed by atoms with van der Waals surface area (Å²) in [6, 6.07) is 1.63. The first kappa shape index (κ1) is 61.5. The van der Waals surface area contributed by atoms with Crippen LogP contribution in [0.15, 0.2) is 128 Å². The van der Waals surface area contributed by atoms with Gasteiger partial charge in [-0.1, -0.05) is 91.9 Å². The van der Waals surface area contributed by atoms with E-state index in [4.69, 9.17) is 0 Å². The zero-order valence-electron chi connectivity index (χ0n) is 38.4. The standard InChI is InChI=1S/C32H12BF24.C17H20N2S/c34-25(35,36)13-1-14(26(37,38)39)6-21(5-13)33(22-7-15(27(40,41)42)2-16(8-22)28(43,44)45,23-9-17(29(46,47)48)3-18(10-23)30(49,50)51)24-11-19(31(52,53)54)4-20(12-24)32(55,56)57;1-15(20)7-5-6-10-17-14-19(12-11-18-17)13-16-8-3-2-4-9-16/h1-12H;2-4,6,8-12,14-15H,5,7,13H2,1H3/q-1;/p+1. The molecule has 1 unspecified atom stereocenters. The van der Waals surface area contributed by atoms with Gasteiger partial charge in [0.15, 0.2) is 18.9 Å². The fraction of sp³-hybridized carbons (Fsp3) is 0.265. The van der Waals surface area contributed by atoms with Gasteiger partial charge in [0.2, 0.25) is 0 Å². The average Bonchev–Trinajstić information content (AvgIpc) is 3.29. The quantitative estimate of drug-likeness (QED) is 0.0626. The first-order valence-electron chi connectivity index (χ1n) is 21.6. The van der Waals surface area contributed by atoms with Crippen molar-refractivity contribution in [3.8, 4) is 0 Å². The molecule has 0 amide bonds. The van der Waals surface area contributed by atoms with Crippen LogP contribution in [-0.4, -0.2) is 16.4 Å². The Morgan fingerprint density at radius 1 is 0.455 bits per heavy atom. The molecule has 6 aromatic rings. The number of aromatic nitrogens is 2. The highest BCUT2D eigenvalue weighted by atomic mass is 32.1. The predicted molar refractivity (Wildman–Crippen MR) is 237 cm³/mol. The molecule has 28 heteroatoms. The van der Waals surface area contributed by atoms with E-state index in [1.54, 1.807) is 0 Å².